The second-order valence-electron chi connectivity index (χ2n) is 5.31. The van der Waals surface area contributed by atoms with E-state index in [-0.39, 0.29) is 16.7 Å². The van der Waals surface area contributed by atoms with Gasteiger partial charge in [0.1, 0.15) is 17.1 Å². The number of halogens is 3. The summed E-state index contributed by atoms with van der Waals surface area (Å²) in [6.45, 7) is 0. The van der Waals surface area contributed by atoms with Crippen molar-refractivity contribution < 1.29 is 27.1 Å². The van der Waals surface area contributed by atoms with Crippen LogP contribution in [0.3, 0.4) is 0 Å². The molecule has 2 aromatic carbocycles. The smallest absolute Gasteiger partial charge is 0.416 e. The fourth-order valence-electron chi connectivity index (χ4n) is 2.54. The van der Waals surface area contributed by atoms with Crippen LogP contribution in [-0.4, -0.2) is 14.2 Å². The van der Waals surface area contributed by atoms with Crippen LogP contribution >= 0.6 is 0 Å². The minimum atomic E-state index is -4.46. The Labute approximate surface area is 140 Å². The fourth-order valence-corrected chi connectivity index (χ4v) is 2.54. The molecule has 130 valence electrons. The van der Waals surface area contributed by atoms with Gasteiger partial charge in [-0.3, -0.25) is 5.41 Å². The zero-order valence-electron chi connectivity index (χ0n) is 13.4. The molecule has 4 nitrogen and oxygen atoms in total. The van der Waals surface area contributed by atoms with Crippen molar-refractivity contribution in [3.05, 3.63) is 53.6 Å². The van der Waals surface area contributed by atoms with Crippen LogP contribution in [0.5, 0.6) is 11.5 Å². The van der Waals surface area contributed by atoms with Gasteiger partial charge < -0.3 is 13.9 Å². The van der Waals surface area contributed by atoms with E-state index in [4.69, 9.17) is 19.3 Å². The molecule has 0 aliphatic heterocycles. The quantitative estimate of drug-likeness (QED) is 0.751. The first-order valence-electron chi connectivity index (χ1n) is 7.25. The Morgan fingerprint density at radius 2 is 1.76 bits per heavy atom. The van der Waals surface area contributed by atoms with Gasteiger partial charge in [0, 0.05) is 17.7 Å². The largest absolute Gasteiger partial charge is 0.496 e. The van der Waals surface area contributed by atoms with Gasteiger partial charge in [0.05, 0.1) is 25.2 Å². The van der Waals surface area contributed by atoms with Crippen LogP contribution in [-0.2, 0) is 6.18 Å². The van der Waals surface area contributed by atoms with Crippen molar-refractivity contribution in [3.8, 4) is 22.6 Å². The van der Waals surface area contributed by atoms with Gasteiger partial charge in [-0.05, 0) is 23.8 Å². The Morgan fingerprint density at radius 3 is 2.40 bits per heavy atom. The molecule has 0 unspecified atom stereocenters. The van der Waals surface area contributed by atoms with Crippen LogP contribution in [0.15, 0.2) is 46.9 Å². The van der Waals surface area contributed by atoms with Crippen molar-refractivity contribution in [2.45, 2.75) is 6.18 Å². The predicted octanol–water partition coefficient (Wildman–Crippen LogP) is 4.62. The van der Waals surface area contributed by atoms with Crippen molar-refractivity contribution in [2.24, 2.45) is 0 Å². The Bertz CT molecular complexity index is 993. The number of hydrogen-bond acceptors (Lipinski definition) is 4. The van der Waals surface area contributed by atoms with Crippen LogP contribution in [0, 0.1) is 5.41 Å². The highest BCUT2D eigenvalue weighted by Crippen LogP contribution is 2.34. The van der Waals surface area contributed by atoms with Crippen LogP contribution in [0.4, 0.5) is 13.2 Å². The molecule has 0 saturated heterocycles. The highest BCUT2D eigenvalue weighted by Gasteiger charge is 2.30. The van der Waals surface area contributed by atoms with E-state index in [1.807, 2.05) is 0 Å². The monoisotopic (exact) mass is 349 g/mol. The molecule has 3 aromatic rings. The van der Waals surface area contributed by atoms with Crippen molar-refractivity contribution in [1.82, 2.24) is 0 Å². The minimum Gasteiger partial charge on any atom is -0.496 e. The molecule has 0 aliphatic carbocycles. The van der Waals surface area contributed by atoms with Gasteiger partial charge in [-0.15, -0.1) is 0 Å². The van der Waals surface area contributed by atoms with E-state index in [1.54, 1.807) is 18.2 Å². The maximum Gasteiger partial charge on any atom is 0.416 e. The second kappa shape index (κ2) is 6.16. The summed E-state index contributed by atoms with van der Waals surface area (Å²) in [6.07, 6.45) is -4.46. The summed E-state index contributed by atoms with van der Waals surface area (Å²) >= 11 is 0. The third-order valence-electron chi connectivity index (χ3n) is 3.78. The van der Waals surface area contributed by atoms with Crippen molar-refractivity contribution >= 4 is 11.0 Å². The summed E-state index contributed by atoms with van der Waals surface area (Å²) in [5.41, 5.74) is -0.212. The third-order valence-corrected chi connectivity index (χ3v) is 3.78. The fraction of sp³-hybridized carbons (Fsp3) is 0.167. The lowest BCUT2D eigenvalue weighted by molar-refractivity contribution is -0.137. The number of fused-ring (bicyclic) bond motifs is 1. The standard InChI is InChI=1S/C18H14F3NO3/c1-23-12-7-15(24-2)14-9-13(17(22)25-16(14)8-12)10-4-3-5-11(6-10)18(19,20)21/h3-9,22H,1-2H3. The molecular weight excluding hydrogens is 335 g/mol. The first kappa shape index (κ1) is 16.9. The topological polar surface area (TPSA) is 55.5 Å². The number of ether oxygens (including phenoxy) is 2. The number of nitrogens with one attached hydrogen (secondary N) is 1. The van der Waals surface area contributed by atoms with Gasteiger partial charge in [-0.25, -0.2) is 0 Å². The Hall–Kier alpha value is -2.96. The molecule has 0 amide bonds. The molecule has 0 saturated carbocycles. The lowest BCUT2D eigenvalue weighted by atomic mass is 10.0. The zero-order chi connectivity index (χ0) is 18.2. The Kier molecular flexibility index (Phi) is 4.16. The first-order valence-corrected chi connectivity index (χ1v) is 7.25. The van der Waals surface area contributed by atoms with Gasteiger partial charge in [0.2, 0.25) is 5.55 Å². The van der Waals surface area contributed by atoms with Gasteiger partial charge in [-0.2, -0.15) is 13.2 Å². The number of rotatable bonds is 3. The van der Waals surface area contributed by atoms with E-state index in [1.165, 1.54) is 26.4 Å². The second-order valence-corrected chi connectivity index (χ2v) is 5.31. The number of hydrogen-bond donors (Lipinski definition) is 1. The maximum absolute atomic E-state index is 12.9. The van der Waals surface area contributed by atoms with Crippen molar-refractivity contribution in [2.75, 3.05) is 14.2 Å². The SMILES string of the molecule is COc1cc(OC)c2cc(-c3cccc(C(F)(F)F)c3)c(=N)oc2c1. The van der Waals surface area contributed by atoms with Crippen molar-refractivity contribution in [3.63, 3.8) is 0 Å². The number of alkyl halides is 3. The van der Waals surface area contributed by atoms with Crippen LogP contribution in [0.1, 0.15) is 5.56 Å². The summed E-state index contributed by atoms with van der Waals surface area (Å²) in [5, 5.41) is 8.58. The zero-order valence-corrected chi connectivity index (χ0v) is 13.4. The molecule has 7 heteroatoms. The normalized spacial score (nSPS) is 11.6. The van der Waals surface area contributed by atoms with Gasteiger partial charge in [-0.1, -0.05) is 12.1 Å². The van der Waals surface area contributed by atoms with E-state index in [9.17, 15) is 13.2 Å². The number of methoxy groups -OCH3 is 2. The Morgan fingerprint density at radius 1 is 1.00 bits per heavy atom. The molecule has 1 N–H and O–H groups in total. The van der Waals surface area contributed by atoms with Crippen LogP contribution < -0.4 is 15.0 Å². The molecule has 1 aromatic heterocycles. The first-order chi connectivity index (χ1) is 11.8. The molecule has 25 heavy (non-hydrogen) atoms. The van der Waals surface area contributed by atoms with Gasteiger partial charge in [0.25, 0.3) is 0 Å². The molecule has 0 atom stereocenters. The molecule has 0 spiro atoms. The predicted molar refractivity (Wildman–Crippen MR) is 85.6 cm³/mol. The highest BCUT2D eigenvalue weighted by molar-refractivity contribution is 5.88. The van der Waals surface area contributed by atoms with E-state index < -0.39 is 11.7 Å². The molecule has 0 fully saturated rings. The maximum atomic E-state index is 12.9. The highest BCUT2D eigenvalue weighted by atomic mass is 19.4. The molecule has 3 rings (SSSR count). The minimum absolute atomic E-state index is 0.238. The van der Waals surface area contributed by atoms with Gasteiger partial charge in [0.15, 0.2) is 0 Å². The molecular formula is C18H14F3NO3. The van der Waals surface area contributed by atoms with E-state index in [0.717, 1.165) is 12.1 Å². The van der Waals surface area contributed by atoms with E-state index in [2.05, 4.69) is 0 Å². The summed E-state index contributed by atoms with van der Waals surface area (Å²) < 4.78 is 54.7. The summed E-state index contributed by atoms with van der Waals surface area (Å²) in [6, 6.07) is 9.58. The van der Waals surface area contributed by atoms with Crippen LogP contribution in [0.25, 0.3) is 22.1 Å². The average molecular weight is 349 g/mol. The average Bonchev–Trinajstić information content (AvgIpc) is 2.59. The summed E-state index contributed by atoms with van der Waals surface area (Å²) in [4.78, 5) is 0. The molecule has 0 radical (unpaired) electrons. The lowest BCUT2D eigenvalue weighted by Gasteiger charge is -2.11. The van der Waals surface area contributed by atoms with E-state index >= 15 is 0 Å². The third kappa shape index (κ3) is 3.17. The Balaban J connectivity index is 2.24. The summed E-state index contributed by atoms with van der Waals surface area (Å²) in [5.74, 6) is 0.922. The van der Waals surface area contributed by atoms with Crippen molar-refractivity contribution in [1.29, 1.82) is 5.41 Å². The molecule has 0 aliphatic rings. The molecule has 1 heterocycles. The summed E-state index contributed by atoms with van der Waals surface area (Å²) in [7, 11) is 2.95. The number of benzene rings is 2. The molecule has 0 bridgehead atoms. The lowest BCUT2D eigenvalue weighted by Crippen LogP contribution is -2.07. The van der Waals surface area contributed by atoms with Crippen LogP contribution in [0.2, 0.25) is 0 Å². The van der Waals surface area contributed by atoms with E-state index in [0.29, 0.717) is 22.5 Å². The van der Waals surface area contributed by atoms with Gasteiger partial charge >= 0.3 is 6.18 Å².